The average Bonchev–Trinajstić information content (AvgIpc) is 2.46. The Labute approximate surface area is 113 Å². The van der Waals surface area contributed by atoms with Crippen LogP contribution in [-0.4, -0.2) is 0 Å². The standard InChI is InChI=1S/C18H16O/c1-14-11-17(12-16-9-5-6-10-18(14)16)19-13-15-7-3-2-4-8-15/h2-12H,13H2,1H3. The summed E-state index contributed by atoms with van der Waals surface area (Å²) < 4.78 is 5.88. The molecule has 0 aliphatic rings. The molecular weight excluding hydrogens is 232 g/mol. The molecule has 0 aromatic heterocycles. The quantitative estimate of drug-likeness (QED) is 0.651. The van der Waals surface area contributed by atoms with E-state index in [1.807, 2.05) is 18.2 Å². The summed E-state index contributed by atoms with van der Waals surface area (Å²) >= 11 is 0. The summed E-state index contributed by atoms with van der Waals surface area (Å²) in [6.07, 6.45) is 0. The fraction of sp³-hybridized carbons (Fsp3) is 0.111. The summed E-state index contributed by atoms with van der Waals surface area (Å²) in [6, 6.07) is 22.8. The number of rotatable bonds is 3. The second-order valence-electron chi connectivity index (χ2n) is 4.74. The highest BCUT2D eigenvalue weighted by Crippen LogP contribution is 2.25. The van der Waals surface area contributed by atoms with Gasteiger partial charge in [0.25, 0.3) is 0 Å². The first-order chi connectivity index (χ1) is 9.33. The Morgan fingerprint density at radius 2 is 1.58 bits per heavy atom. The molecule has 19 heavy (non-hydrogen) atoms. The van der Waals surface area contributed by atoms with Crippen molar-refractivity contribution in [2.45, 2.75) is 13.5 Å². The second kappa shape index (κ2) is 5.15. The second-order valence-corrected chi connectivity index (χ2v) is 4.74. The number of hydrogen-bond donors (Lipinski definition) is 0. The van der Waals surface area contributed by atoms with Gasteiger partial charge >= 0.3 is 0 Å². The lowest BCUT2D eigenvalue weighted by Crippen LogP contribution is -1.95. The van der Waals surface area contributed by atoms with Gasteiger partial charge in [-0.05, 0) is 41.0 Å². The van der Waals surface area contributed by atoms with Crippen LogP contribution in [0.2, 0.25) is 0 Å². The number of benzene rings is 3. The number of ether oxygens (including phenoxy) is 1. The van der Waals surface area contributed by atoms with Gasteiger partial charge in [0.1, 0.15) is 12.4 Å². The molecule has 3 rings (SSSR count). The van der Waals surface area contributed by atoms with Crippen LogP contribution in [0.25, 0.3) is 10.8 Å². The van der Waals surface area contributed by atoms with Gasteiger partial charge in [-0.25, -0.2) is 0 Å². The molecule has 0 saturated heterocycles. The summed E-state index contributed by atoms with van der Waals surface area (Å²) in [5.74, 6) is 0.931. The van der Waals surface area contributed by atoms with E-state index in [1.54, 1.807) is 0 Å². The van der Waals surface area contributed by atoms with Crippen LogP contribution in [0.1, 0.15) is 11.1 Å². The average molecular weight is 248 g/mol. The molecule has 0 N–H and O–H groups in total. The van der Waals surface area contributed by atoms with Gasteiger partial charge in [0, 0.05) is 0 Å². The maximum atomic E-state index is 5.88. The molecule has 0 unspecified atom stereocenters. The Balaban J connectivity index is 1.85. The van der Waals surface area contributed by atoms with Crippen molar-refractivity contribution in [3.05, 3.63) is 77.9 Å². The van der Waals surface area contributed by atoms with Crippen molar-refractivity contribution < 1.29 is 4.74 Å². The van der Waals surface area contributed by atoms with E-state index in [2.05, 4.69) is 55.5 Å². The monoisotopic (exact) mass is 248 g/mol. The van der Waals surface area contributed by atoms with E-state index in [0.717, 1.165) is 5.75 Å². The van der Waals surface area contributed by atoms with Crippen LogP contribution in [0.5, 0.6) is 5.75 Å². The molecule has 0 radical (unpaired) electrons. The van der Waals surface area contributed by atoms with Crippen molar-refractivity contribution in [3.63, 3.8) is 0 Å². The maximum absolute atomic E-state index is 5.88. The summed E-state index contributed by atoms with van der Waals surface area (Å²) in [7, 11) is 0. The molecule has 3 aromatic rings. The zero-order valence-electron chi connectivity index (χ0n) is 11.0. The van der Waals surface area contributed by atoms with Gasteiger partial charge in [-0.15, -0.1) is 0 Å². The number of aryl methyl sites for hydroxylation is 1. The SMILES string of the molecule is Cc1cc(OCc2ccccc2)cc2ccccc12. The molecule has 94 valence electrons. The zero-order chi connectivity index (χ0) is 13.1. The lowest BCUT2D eigenvalue weighted by Gasteiger charge is -2.09. The molecule has 0 heterocycles. The van der Waals surface area contributed by atoms with Crippen LogP contribution in [-0.2, 0) is 6.61 Å². The van der Waals surface area contributed by atoms with E-state index in [-0.39, 0.29) is 0 Å². The fourth-order valence-corrected chi connectivity index (χ4v) is 2.29. The van der Waals surface area contributed by atoms with Crippen molar-refractivity contribution >= 4 is 10.8 Å². The molecule has 1 nitrogen and oxygen atoms in total. The summed E-state index contributed by atoms with van der Waals surface area (Å²) in [5, 5.41) is 2.51. The molecule has 0 saturated carbocycles. The van der Waals surface area contributed by atoms with Crippen molar-refractivity contribution in [1.29, 1.82) is 0 Å². The van der Waals surface area contributed by atoms with E-state index in [9.17, 15) is 0 Å². The van der Waals surface area contributed by atoms with Crippen molar-refractivity contribution in [1.82, 2.24) is 0 Å². The predicted molar refractivity (Wildman–Crippen MR) is 79.5 cm³/mol. The van der Waals surface area contributed by atoms with Crippen LogP contribution in [0.3, 0.4) is 0 Å². The molecule has 0 bridgehead atoms. The molecule has 1 heteroatoms. The minimum Gasteiger partial charge on any atom is -0.489 e. The lowest BCUT2D eigenvalue weighted by molar-refractivity contribution is 0.306. The first kappa shape index (κ1) is 11.8. The van der Waals surface area contributed by atoms with Gasteiger partial charge in [0.05, 0.1) is 0 Å². The van der Waals surface area contributed by atoms with Crippen molar-refractivity contribution in [2.75, 3.05) is 0 Å². The first-order valence-electron chi connectivity index (χ1n) is 6.49. The summed E-state index contributed by atoms with van der Waals surface area (Å²) in [5.41, 5.74) is 2.44. The molecule has 0 atom stereocenters. The minimum absolute atomic E-state index is 0.610. The lowest BCUT2D eigenvalue weighted by atomic mass is 10.1. The van der Waals surface area contributed by atoms with Crippen molar-refractivity contribution in [3.8, 4) is 5.75 Å². The molecule has 0 fully saturated rings. The highest BCUT2D eigenvalue weighted by molar-refractivity contribution is 5.86. The smallest absolute Gasteiger partial charge is 0.120 e. The van der Waals surface area contributed by atoms with Crippen LogP contribution < -0.4 is 4.74 Å². The maximum Gasteiger partial charge on any atom is 0.120 e. The Morgan fingerprint density at radius 1 is 0.842 bits per heavy atom. The zero-order valence-corrected chi connectivity index (χ0v) is 11.0. The van der Waals surface area contributed by atoms with Gasteiger partial charge in [-0.2, -0.15) is 0 Å². The Morgan fingerprint density at radius 3 is 2.42 bits per heavy atom. The topological polar surface area (TPSA) is 9.23 Å². The Bertz CT molecular complexity index is 686. The van der Waals surface area contributed by atoms with Crippen LogP contribution in [0, 0.1) is 6.92 Å². The molecule has 0 aliphatic carbocycles. The highest BCUT2D eigenvalue weighted by atomic mass is 16.5. The molecule has 0 amide bonds. The summed E-state index contributed by atoms with van der Waals surface area (Å²) in [6.45, 7) is 2.73. The Kier molecular flexibility index (Phi) is 3.20. The fourth-order valence-electron chi connectivity index (χ4n) is 2.29. The van der Waals surface area contributed by atoms with E-state index in [4.69, 9.17) is 4.74 Å². The third kappa shape index (κ3) is 2.60. The van der Waals surface area contributed by atoms with Crippen LogP contribution in [0.15, 0.2) is 66.7 Å². The number of hydrogen-bond acceptors (Lipinski definition) is 1. The van der Waals surface area contributed by atoms with Gasteiger partial charge in [-0.1, -0.05) is 54.6 Å². The van der Waals surface area contributed by atoms with E-state index in [0.29, 0.717) is 6.61 Å². The van der Waals surface area contributed by atoms with Gasteiger partial charge in [-0.3, -0.25) is 0 Å². The van der Waals surface area contributed by atoms with E-state index >= 15 is 0 Å². The highest BCUT2D eigenvalue weighted by Gasteiger charge is 2.01. The molecule has 0 spiro atoms. The van der Waals surface area contributed by atoms with Gasteiger partial charge in [0.2, 0.25) is 0 Å². The first-order valence-corrected chi connectivity index (χ1v) is 6.49. The van der Waals surface area contributed by atoms with E-state index in [1.165, 1.54) is 21.9 Å². The molecule has 3 aromatic carbocycles. The summed E-state index contributed by atoms with van der Waals surface area (Å²) in [4.78, 5) is 0. The predicted octanol–water partition coefficient (Wildman–Crippen LogP) is 4.73. The van der Waals surface area contributed by atoms with Gasteiger partial charge < -0.3 is 4.74 Å². The molecule has 0 aliphatic heterocycles. The van der Waals surface area contributed by atoms with E-state index < -0.39 is 0 Å². The van der Waals surface area contributed by atoms with Gasteiger partial charge in [0.15, 0.2) is 0 Å². The third-order valence-electron chi connectivity index (χ3n) is 3.29. The minimum atomic E-state index is 0.610. The van der Waals surface area contributed by atoms with Crippen LogP contribution in [0.4, 0.5) is 0 Å². The molecular formula is C18H16O. The number of fused-ring (bicyclic) bond motifs is 1. The Hall–Kier alpha value is -2.28. The largest absolute Gasteiger partial charge is 0.489 e. The normalized spacial score (nSPS) is 10.6. The van der Waals surface area contributed by atoms with Crippen molar-refractivity contribution in [2.24, 2.45) is 0 Å². The van der Waals surface area contributed by atoms with Crippen LogP contribution >= 0.6 is 0 Å². The third-order valence-corrected chi connectivity index (χ3v) is 3.29.